The van der Waals surface area contributed by atoms with Crippen LogP contribution in [0.3, 0.4) is 0 Å². The van der Waals surface area contributed by atoms with E-state index in [9.17, 15) is 23.7 Å². The van der Waals surface area contributed by atoms with Crippen molar-refractivity contribution in [3.63, 3.8) is 0 Å². The van der Waals surface area contributed by atoms with E-state index in [2.05, 4.69) is 4.74 Å². The number of hydrogen-bond acceptors (Lipinski definition) is 4. The maximum atomic E-state index is 12.1. The van der Waals surface area contributed by atoms with Gasteiger partial charge >= 0.3 is 12.6 Å². The Morgan fingerprint density at radius 3 is 2.61 bits per heavy atom. The Balaban J connectivity index is 3.28. The standard InChI is InChI=1S/C10H9F2NO5/c1-5-6(3-9(14)15)2-7(13(16)17)4-8(5)18-10(11)12/h2,4,10H,3H2,1H3,(H,14,15). The molecule has 8 heteroatoms. The van der Waals surface area contributed by atoms with Crippen LogP contribution in [-0.2, 0) is 11.2 Å². The van der Waals surface area contributed by atoms with Gasteiger partial charge in [-0.3, -0.25) is 14.9 Å². The highest BCUT2D eigenvalue weighted by molar-refractivity contribution is 5.72. The number of nitro groups is 1. The lowest BCUT2D eigenvalue weighted by molar-refractivity contribution is -0.385. The van der Waals surface area contributed by atoms with E-state index in [4.69, 9.17) is 5.11 Å². The Bertz CT molecular complexity index is 489. The van der Waals surface area contributed by atoms with Crippen molar-refractivity contribution in [3.05, 3.63) is 33.4 Å². The molecule has 6 nitrogen and oxygen atoms in total. The Labute approximate surface area is 99.9 Å². The largest absolute Gasteiger partial charge is 0.481 e. The van der Waals surface area contributed by atoms with Gasteiger partial charge in [0.25, 0.3) is 5.69 Å². The monoisotopic (exact) mass is 261 g/mol. The highest BCUT2D eigenvalue weighted by Crippen LogP contribution is 2.29. The fourth-order valence-corrected chi connectivity index (χ4v) is 1.40. The number of carboxylic acid groups (broad SMARTS) is 1. The first-order valence-corrected chi connectivity index (χ1v) is 4.75. The summed E-state index contributed by atoms with van der Waals surface area (Å²) in [6.45, 7) is -1.77. The third-order valence-corrected chi connectivity index (χ3v) is 2.22. The van der Waals surface area contributed by atoms with Gasteiger partial charge in [-0.2, -0.15) is 8.78 Å². The first-order chi connectivity index (χ1) is 8.31. The molecule has 0 fully saturated rings. The summed E-state index contributed by atoms with van der Waals surface area (Å²) in [5, 5.41) is 19.2. The normalized spacial score (nSPS) is 10.4. The van der Waals surface area contributed by atoms with E-state index in [0.29, 0.717) is 0 Å². The predicted octanol–water partition coefficient (Wildman–Crippen LogP) is 2.13. The van der Waals surface area contributed by atoms with Crippen LogP contribution in [0, 0.1) is 17.0 Å². The van der Waals surface area contributed by atoms with Crippen LogP contribution in [0.25, 0.3) is 0 Å². The molecule has 0 amide bonds. The van der Waals surface area contributed by atoms with Crippen LogP contribution in [0.1, 0.15) is 11.1 Å². The number of carbonyl (C=O) groups is 1. The molecule has 0 atom stereocenters. The number of alkyl halides is 2. The van der Waals surface area contributed by atoms with Crippen molar-refractivity contribution in [2.24, 2.45) is 0 Å². The topological polar surface area (TPSA) is 89.7 Å². The van der Waals surface area contributed by atoms with Gasteiger partial charge in [0.15, 0.2) is 0 Å². The maximum absolute atomic E-state index is 12.1. The van der Waals surface area contributed by atoms with Crippen LogP contribution in [0.2, 0.25) is 0 Å². The van der Waals surface area contributed by atoms with E-state index in [0.717, 1.165) is 12.1 Å². The van der Waals surface area contributed by atoms with Crippen molar-refractivity contribution in [2.75, 3.05) is 0 Å². The molecule has 0 saturated carbocycles. The Morgan fingerprint density at radius 1 is 1.56 bits per heavy atom. The fraction of sp³-hybridized carbons (Fsp3) is 0.300. The molecular weight excluding hydrogens is 252 g/mol. The summed E-state index contributed by atoms with van der Waals surface area (Å²) in [7, 11) is 0. The minimum absolute atomic E-state index is 0.0624. The summed E-state index contributed by atoms with van der Waals surface area (Å²) >= 11 is 0. The number of carboxylic acids is 1. The summed E-state index contributed by atoms with van der Waals surface area (Å²) < 4.78 is 28.4. The lowest BCUT2D eigenvalue weighted by Gasteiger charge is -2.11. The van der Waals surface area contributed by atoms with Crippen LogP contribution < -0.4 is 4.74 Å². The van der Waals surface area contributed by atoms with Crippen molar-refractivity contribution in [3.8, 4) is 5.75 Å². The van der Waals surface area contributed by atoms with Crippen LogP contribution >= 0.6 is 0 Å². The third kappa shape index (κ3) is 3.37. The van der Waals surface area contributed by atoms with Crippen LogP contribution in [0.5, 0.6) is 5.75 Å². The number of halogens is 2. The van der Waals surface area contributed by atoms with Gasteiger partial charge in [0.1, 0.15) is 5.75 Å². The molecule has 1 N–H and O–H groups in total. The zero-order valence-electron chi connectivity index (χ0n) is 9.22. The average molecular weight is 261 g/mol. The summed E-state index contributed by atoms with van der Waals surface area (Å²) in [5.41, 5.74) is -0.289. The van der Waals surface area contributed by atoms with E-state index in [1.54, 1.807) is 0 Å². The Hall–Kier alpha value is -2.25. The minimum atomic E-state index is -3.14. The smallest absolute Gasteiger partial charge is 0.387 e. The molecule has 1 aromatic rings. The van der Waals surface area contributed by atoms with Crippen molar-refractivity contribution >= 4 is 11.7 Å². The molecule has 18 heavy (non-hydrogen) atoms. The number of hydrogen-bond donors (Lipinski definition) is 1. The second kappa shape index (κ2) is 5.39. The highest BCUT2D eigenvalue weighted by atomic mass is 19.3. The molecule has 0 aliphatic heterocycles. The van der Waals surface area contributed by atoms with E-state index in [1.807, 2.05) is 0 Å². The zero-order valence-corrected chi connectivity index (χ0v) is 9.22. The molecular formula is C10H9F2NO5. The minimum Gasteiger partial charge on any atom is -0.481 e. The molecule has 1 rings (SSSR count). The van der Waals surface area contributed by atoms with Gasteiger partial charge in [-0.25, -0.2) is 0 Å². The molecule has 98 valence electrons. The SMILES string of the molecule is Cc1c(CC(=O)O)cc([N+](=O)[O-])cc1OC(F)F. The first-order valence-electron chi connectivity index (χ1n) is 4.75. The average Bonchev–Trinajstić information content (AvgIpc) is 2.22. The number of nitrogens with zero attached hydrogens (tertiary/aromatic N) is 1. The summed E-state index contributed by atoms with van der Waals surface area (Å²) in [6, 6.07) is 1.87. The van der Waals surface area contributed by atoms with Crippen molar-refractivity contribution in [1.82, 2.24) is 0 Å². The molecule has 1 aromatic carbocycles. The van der Waals surface area contributed by atoms with Crippen molar-refractivity contribution < 1.29 is 28.3 Å². The van der Waals surface area contributed by atoms with Crippen LogP contribution in [0.15, 0.2) is 12.1 Å². The van der Waals surface area contributed by atoms with Gasteiger partial charge in [0.05, 0.1) is 17.4 Å². The molecule has 0 aliphatic carbocycles. The number of benzene rings is 1. The van der Waals surface area contributed by atoms with Crippen molar-refractivity contribution in [2.45, 2.75) is 20.0 Å². The number of aliphatic carboxylic acids is 1. The third-order valence-electron chi connectivity index (χ3n) is 2.22. The van der Waals surface area contributed by atoms with Gasteiger partial charge in [-0.15, -0.1) is 0 Å². The van der Waals surface area contributed by atoms with E-state index >= 15 is 0 Å². The zero-order chi connectivity index (χ0) is 13.9. The second-order valence-electron chi connectivity index (χ2n) is 3.43. The molecule has 0 radical (unpaired) electrons. The van der Waals surface area contributed by atoms with Gasteiger partial charge in [0.2, 0.25) is 0 Å². The van der Waals surface area contributed by atoms with Crippen LogP contribution in [-0.4, -0.2) is 22.6 Å². The summed E-state index contributed by atoms with van der Waals surface area (Å²) in [5.74, 6) is -1.61. The second-order valence-corrected chi connectivity index (χ2v) is 3.43. The molecule has 0 saturated heterocycles. The molecule has 0 heterocycles. The van der Waals surface area contributed by atoms with Gasteiger partial charge < -0.3 is 9.84 Å². The lowest BCUT2D eigenvalue weighted by Crippen LogP contribution is -2.08. The van der Waals surface area contributed by atoms with Crippen LogP contribution in [0.4, 0.5) is 14.5 Å². The van der Waals surface area contributed by atoms with E-state index < -0.39 is 35.4 Å². The highest BCUT2D eigenvalue weighted by Gasteiger charge is 2.18. The maximum Gasteiger partial charge on any atom is 0.387 e. The number of non-ortho nitro benzene ring substituents is 1. The number of nitro benzene ring substituents is 1. The predicted molar refractivity (Wildman–Crippen MR) is 55.8 cm³/mol. The molecule has 0 aliphatic rings. The molecule has 0 unspecified atom stereocenters. The van der Waals surface area contributed by atoms with E-state index in [-0.39, 0.29) is 11.1 Å². The summed E-state index contributed by atoms with van der Waals surface area (Å²) in [4.78, 5) is 20.4. The molecule has 0 bridgehead atoms. The van der Waals surface area contributed by atoms with E-state index in [1.165, 1.54) is 6.92 Å². The van der Waals surface area contributed by atoms with Gasteiger partial charge in [0, 0.05) is 6.07 Å². The quantitative estimate of drug-likeness (QED) is 0.647. The Morgan fingerprint density at radius 2 is 2.17 bits per heavy atom. The Kier molecular flexibility index (Phi) is 4.13. The van der Waals surface area contributed by atoms with Gasteiger partial charge in [-0.1, -0.05) is 0 Å². The summed E-state index contributed by atoms with van der Waals surface area (Å²) in [6.07, 6.45) is -0.507. The lowest BCUT2D eigenvalue weighted by atomic mass is 10.0. The number of rotatable bonds is 5. The first kappa shape index (κ1) is 13.8. The molecule has 0 aromatic heterocycles. The molecule has 0 spiro atoms. The number of ether oxygens (including phenoxy) is 1. The van der Waals surface area contributed by atoms with Crippen molar-refractivity contribution in [1.29, 1.82) is 0 Å². The fourth-order valence-electron chi connectivity index (χ4n) is 1.40. The van der Waals surface area contributed by atoms with Gasteiger partial charge in [-0.05, 0) is 18.1 Å².